The molecule has 0 saturated heterocycles. The minimum Gasteiger partial charge on any atom is -0.490 e. The summed E-state index contributed by atoms with van der Waals surface area (Å²) in [7, 11) is 0. The zero-order valence-corrected chi connectivity index (χ0v) is 17.9. The van der Waals surface area contributed by atoms with Gasteiger partial charge in [-0.15, -0.1) is 0 Å². The maximum Gasteiger partial charge on any atom is 0.161 e. The molecule has 0 atom stereocenters. The van der Waals surface area contributed by atoms with Crippen molar-refractivity contribution >= 4 is 22.7 Å². The summed E-state index contributed by atoms with van der Waals surface area (Å²) in [6, 6.07) is 19.8. The molecule has 0 aliphatic heterocycles. The van der Waals surface area contributed by atoms with E-state index < -0.39 is 0 Å². The lowest BCUT2D eigenvalue weighted by atomic mass is 10.1. The number of aryl methyl sites for hydroxylation is 1. The number of nitrogens with one attached hydrogen (secondary N) is 1. The van der Waals surface area contributed by atoms with Gasteiger partial charge in [0.15, 0.2) is 11.5 Å². The van der Waals surface area contributed by atoms with Crippen LogP contribution in [0, 0.1) is 24.1 Å². The van der Waals surface area contributed by atoms with Crippen LogP contribution >= 0.6 is 0 Å². The van der Waals surface area contributed by atoms with E-state index in [1.54, 1.807) is 24.3 Å². The first-order valence-corrected chi connectivity index (χ1v) is 10.3. The van der Waals surface area contributed by atoms with Gasteiger partial charge in [-0.25, -0.2) is 9.37 Å². The molecule has 160 valence electrons. The summed E-state index contributed by atoms with van der Waals surface area (Å²) in [6.45, 7) is 4.66. The molecule has 4 aromatic rings. The Labute approximate surface area is 185 Å². The van der Waals surface area contributed by atoms with Gasteiger partial charge in [-0.2, -0.15) is 5.26 Å². The first-order valence-electron chi connectivity index (χ1n) is 10.3. The topological polar surface area (TPSA) is 70.9 Å². The van der Waals surface area contributed by atoms with Gasteiger partial charge in [-0.05, 0) is 73.0 Å². The monoisotopic (exact) mass is 427 g/mol. The SMILES string of the molecule is CCOc1cc(/C=C(/C#N)c2nc3ccc(C)cc3[nH]2)ccc1OCc1ccc(F)cc1. The Balaban J connectivity index is 1.60. The van der Waals surface area contributed by atoms with E-state index in [9.17, 15) is 9.65 Å². The molecule has 0 bridgehead atoms. The number of imidazole rings is 1. The number of allylic oxidation sites excluding steroid dienone is 1. The van der Waals surface area contributed by atoms with Crippen molar-refractivity contribution in [3.8, 4) is 17.6 Å². The quantitative estimate of drug-likeness (QED) is 0.364. The highest BCUT2D eigenvalue weighted by atomic mass is 19.1. The number of ether oxygens (including phenoxy) is 2. The molecule has 0 saturated carbocycles. The highest BCUT2D eigenvalue weighted by molar-refractivity contribution is 5.90. The minimum atomic E-state index is -0.284. The summed E-state index contributed by atoms with van der Waals surface area (Å²) < 4.78 is 24.7. The van der Waals surface area contributed by atoms with E-state index in [0.29, 0.717) is 29.5 Å². The van der Waals surface area contributed by atoms with E-state index in [0.717, 1.165) is 27.7 Å². The third kappa shape index (κ3) is 4.79. The van der Waals surface area contributed by atoms with Gasteiger partial charge in [0.2, 0.25) is 0 Å². The van der Waals surface area contributed by atoms with Crippen molar-refractivity contribution in [2.24, 2.45) is 0 Å². The van der Waals surface area contributed by atoms with Crippen molar-refractivity contribution in [1.82, 2.24) is 9.97 Å². The predicted octanol–water partition coefficient (Wildman–Crippen LogP) is 6.05. The summed E-state index contributed by atoms with van der Waals surface area (Å²) in [5.41, 5.74) is 4.88. The Kier molecular flexibility index (Phi) is 6.18. The highest BCUT2D eigenvalue weighted by Gasteiger charge is 2.11. The third-order valence-corrected chi connectivity index (χ3v) is 4.90. The van der Waals surface area contributed by atoms with Gasteiger partial charge in [-0.1, -0.05) is 24.3 Å². The Morgan fingerprint density at radius 2 is 1.88 bits per heavy atom. The van der Waals surface area contributed by atoms with Crippen molar-refractivity contribution in [3.05, 3.63) is 89.0 Å². The van der Waals surface area contributed by atoms with Gasteiger partial charge in [0, 0.05) is 0 Å². The zero-order chi connectivity index (χ0) is 22.5. The highest BCUT2D eigenvalue weighted by Crippen LogP contribution is 2.31. The molecule has 1 aromatic heterocycles. The van der Waals surface area contributed by atoms with Crippen LogP contribution < -0.4 is 9.47 Å². The zero-order valence-electron chi connectivity index (χ0n) is 17.9. The van der Waals surface area contributed by atoms with Crippen molar-refractivity contribution in [2.45, 2.75) is 20.5 Å². The van der Waals surface area contributed by atoms with Gasteiger partial charge < -0.3 is 14.5 Å². The number of halogens is 1. The van der Waals surface area contributed by atoms with E-state index in [1.807, 2.05) is 44.2 Å². The second-order valence-corrected chi connectivity index (χ2v) is 7.33. The molecule has 32 heavy (non-hydrogen) atoms. The van der Waals surface area contributed by atoms with Gasteiger partial charge in [0.05, 0.1) is 23.2 Å². The molecule has 5 nitrogen and oxygen atoms in total. The minimum absolute atomic E-state index is 0.284. The van der Waals surface area contributed by atoms with Crippen LogP contribution in [0.3, 0.4) is 0 Å². The number of fused-ring (bicyclic) bond motifs is 1. The molecule has 0 spiro atoms. The maximum atomic E-state index is 13.1. The normalized spacial score (nSPS) is 11.4. The number of hydrogen-bond donors (Lipinski definition) is 1. The first-order chi connectivity index (χ1) is 15.6. The van der Waals surface area contributed by atoms with Crippen LogP contribution in [0.15, 0.2) is 60.7 Å². The molecule has 3 aromatic carbocycles. The Morgan fingerprint density at radius 3 is 2.62 bits per heavy atom. The van der Waals surface area contributed by atoms with Gasteiger partial charge in [-0.3, -0.25) is 0 Å². The fraction of sp³-hybridized carbons (Fsp3) is 0.154. The van der Waals surface area contributed by atoms with Crippen LogP contribution in [0.25, 0.3) is 22.7 Å². The van der Waals surface area contributed by atoms with Crippen LogP contribution in [0.5, 0.6) is 11.5 Å². The Hall–Kier alpha value is -4.11. The number of nitrogens with zero attached hydrogens (tertiary/aromatic N) is 2. The molecule has 0 unspecified atom stereocenters. The number of hydrogen-bond acceptors (Lipinski definition) is 4. The molecular formula is C26H22FN3O2. The molecule has 0 aliphatic carbocycles. The molecule has 6 heteroatoms. The van der Waals surface area contributed by atoms with Crippen LogP contribution in [0.2, 0.25) is 0 Å². The van der Waals surface area contributed by atoms with Gasteiger partial charge in [0.1, 0.15) is 24.3 Å². The lowest BCUT2D eigenvalue weighted by molar-refractivity contribution is 0.269. The van der Waals surface area contributed by atoms with Gasteiger partial charge in [0.25, 0.3) is 0 Å². The number of H-pyrrole nitrogens is 1. The summed E-state index contributed by atoms with van der Waals surface area (Å²) in [6.07, 6.45) is 1.76. The van der Waals surface area contributed by atoms with E-state index >= 15 is 0 Å². The number of aromatic amines is 1. The van der Waals surface area contributed by atoms with E-state index in [2.05, 4.69) is 16.0 Å². The largest absolute Gasteiger partial charge is 0.490 e. The van der Waals surface area contributed by atoms with Crippen LogP contribution in [-0.2, 0) is 6.61 Å². The van der Waals surface area contributed by atoms with Crippen molar-refractivity contribution in [3.63, 3.8) is 0 Å². The molecule has 1 heterocycles. The van der Waals surface area contributed by atoms with E-state index in [4.69, 9.17) is 9.47 Å². The van der Waals surface area contributed by atoms with E-state index in [1.165, 1.54) is 12.1 Å². The number of aromatic nitrogens is 2. The molecular weight excluding hydrogens is 405 g/mol. The van der Waals surface area contributed by atoms with Crippen LogP contribution in [-0.4, -0.2) is 16.6 Å². The van der Waals surface area contributed by atoms with Crippen molar-refractivity contribution in [2.75, 3.05) is 6.61 Å². The van der Waals surface area contributed by atoms with E-state index in [-0.39, 0.29) is 12.4 Å². The molecule has 0 amide bonds. The number of benzene rings is 3. The Morgan fingerprint density at radius 1 is 1.06 bits per heavy atom. The van der Waals surface area contributed by atoms with Gasteiger partial charge >= 0.3 is 0 Å². The molecule has 1 N–H and O–H groups in total. The van der Waals surface area contributed by atoms with Crippen LogP contribution in [0.1, 0.15) is 29.4 Å². The maximum absolute atomic E-state index is 13.1. The smallest absolute Gasteiger partial charge is 0.161 e. The van der Waals surface area contributed by atoms with Crippen molar-refractivity contribution in [1.29, 1.82) is 5.26 Å². The summed E-state index contributed by atoms with van der Waals surface area (Å²) >= 11 is 0. The predicted molar refractivity (Wildman–Crippen MR) is 123 cm³/mol. The molecule has 0 aliphatic rings. The first kappa shape index (κ1) is 21.1. The molecule has 0 radical (unpaired) electrons. The lowest BCUT2D eigenvalue weighted by Gasteiger charge is -2.13. The standard InChI is InChI=1S/C26H22FN3O2/c1-3-31-25-14-19(7-11-24(25)32-16-18-5-8-21(27)9-6-18)13-20(15-28)26-29-22-10-4-17(2)12-23(22)30-26/h4-14H,3,16H2,1-2H3,(H,29,30)/b20-13-. The summed E-state index contributed by atoms with van der Waals surface area (Å²) in [5.74, 6) is 1.38. The lowest BCUT2D eigenvalue weighted by Crippen LogP contribution is -2.00. The summed E-state index contributed by atoms with van der Waals surface area (Å²) in [5, 5.41) is 9.72. The number of nitriles is 1. The fourth-order valence-corrected chi connectivity index (χ4v) is 3.31. The number of rotatable bonds is 7. The second-order valence-electron chi connectivity index (χ2n) is 7.33. The second kappa shape index (κ2) is 9.36. The third-order valence-electron chi connectivity index (χ3n) is 4.90. The average Bonchev–Trinajstić information content (AvgIpc) is 3.21. The Bertz CT molecular complexity index is 1320. The average molecular weight is 427 g/mol. The fourth-order valence-electron chi connectivity index (χ4n) is 3.31. The molecule has 0 fully saturated rings. The molecule has 4 rings (SSSR count). The summed E-state index contributed by atoms with van der Waals surface area (Å²) in [4.78, 5) is 7.75. The van der Waals surface area contributed by atoms with Crippen LogP contribution in [0.4, 0.5) is 4.39 Å². The van der Waals surface area contributed by atoms with Crippen molar-refractivity contribution < 1.29 is 13.9 Å².